The van der Waals surface area contributed by atoms with Crippen LogP contribution in [0.4, 0.5) is 5.82 Å². The maximum atomic E-state index is 5.37. The zero-order valence-electron chi connectivity index (χ0n) is 14.6. The van der Waals surface area contributed by atoms with E-state index in [4.69, 9.17) is 4.52 Å². The number of nitrogens with zero attached hydrogens (tertiary/aromatic N) is 7. The maximum absolute atomic E-state index is 5.37. The predicted molar refractivity (Wildman–Crippen MR) is 95.7 cm³/mol. The Morgan fingerprint density at radius 2 is 1.92 bits per heavy atom. The normalized spacial score (nSPS) is 19.0. The fourth-order valence-electron chi connectivity index (χ4n) is 3.41. The van der Waals surface area contributed by atoms with Crippen LogP contribution in [-0.2, 0) is 6.54 Å². The van der Waals surface area contributed by atoms with Crippen LogP contribution < -0.4 is 4.90 Å². The van der Waals surface area contributed by atoms with E-state index < -0.39 is 0 Å². The molecule has 1 saturated carbocycles. The van der Waals surface area contributed by atoms with Crippen molar-refractivity contribution in [2.45, 2.75) is 31.7 Å². The molecule has 1 saturated heterocycles. The molecule has 2 aliphatic rings. The van der Waals surface area contributed by atoms with E-state index in [1.165, 1.54) is 12.8 Å². The lowest BCUT2D eigenvalue weighted by Gasteiger charge is -2.22. The Morgan fingerprint density at radius 1 is 1.00 bits per heavy atom. The van der Waals surface area contributed by atoms with Gasteiger partial charge in [0.15, 0.2) is 11.5 Å². The summed E-state index contributed by atoms with van der Waals surface area (Å²) >= 11 is 0. The van der Waals surface area contributed by atoms with Crippen molar-refractivity contribution in [2.24, 2.45) is 0 Å². The van der Waals surface area contributed by atoms with Crippen LogP contribution in [0.1, 0.15) is 36.9 Å². The monoisotopic (exact) mass is 351 g/mol. The molecule has 8 nitrogen and oxygen atoms in total. The molecule has 3 aromatic rings. The average Bonchev–Trinajstić information content (AvgIpc) is 3.46. The Balaban J connectivity index is 1.25. The van der Waals surface area contributed by atoms with Gasteiger partial charge < -0.3 is 9.42 Å². The van der Waals surface area contributed by atoms with Crippen molar-refractivity contribution in [1.82, 2.24) is 30.0 Å². The first-order valence-electron chi connectivity index (χ1n) is 9.23. The molecule has 0 radical (unpaired) electrons. The highest BCUT2D eigenvalue weighted by Gasteiger charge is 2.30. The lowest BCUT2D eigenvalue weighted by molar-refractivity contribution is 0.271. The zero-order chi connectivity index (χ0) is 17.3. The first-order valence-corrected chi connectivity index (χ1v) is 9.23. The van der Waals surface area contributed by atoms with E-state index in [0.29, 0.717) is 11.6 Å². The van der Waals surface area contributed by atoms with E-state index in [1.807, 2.05) is 12.1 Å². The smallest absolute Gasteiger partial charge is 0.229 e. The fraction of sp³-hybridized carbons (Fsp3) is 0.500. The molecule has 0 amide bonds. The van der Waals surface area contributed by atoms with Crippen molar-refractivity contribution in [2.75, 3.05) is 31.1 Å². The van der Waals surface area contributed by atoms with Crippen LogP contribution in [0.3, 0.4) is 0 Å². The van der Waals surface area contributed by atoms with Gasteiger partial charge in [0, 0.05) is 44.5 Å². The van der Waals surface area contributed by atoms with Crippen molar-refractivity contribution < 1.29 is 4.52 Å². The quantitative estimate of drug-likeness (QED) is 0.706. The fourth-order valence-corrected chi connectivity index (χ4v) is 3.41. The van der Waals surface area contributed by atoms with Gasteiger partial charge in [0.1, 0.15) is 11.3 Å². The minimum atomic E-state index is 0.512. The summed E-state index contributed by atoms with van der Waals surface area (Å²) < 4.78 is 5.37. The van der Waals surface area contributed by atoms with Gasteiger partial charge in [-0.1, -0.05) is 5.16 Å². The molecule has 0 bridgehead atoms. The highest BCUT2D eigenvalue weighted by molar-refractivity contribution is 5.71. The molecule has 3 aromatic heterocycles. The molecule has 0 unspecified atom stereocenters. The average molecular weight is 351 g/mol. The van der Waals surface area contributed by atoms with Gasteiger partial charge in [-0.25, -0.2) is 9.97 Å². The van der Waals surface area contributed by atoms with Crippen LogP contribution in [0.25, 0.3) is 11.2 Å². The second kappa shape index (κ2) is 6.60. The van der Waals surface area contributed by atoms with Gasteiger partial charge in [-0.3, -0.25) is 9.88 Å². The second-order valence-corrected chi connectivity index (χ2v) is 7.01. The maximum Gasteiger partial charge on any atom is 0.229 e. The molecule has 1 aliphatic carbocycles. The summed E-state index contributed by atoms with van der Waals surface area (Å²) in [5, 5.41) is 4.14. The molecule has 134 valence electrons. The van der Waals surface area contributed by atoms with Crippen LogP contribution in [0, 0.1) is 0 Å². The third kappa shape index (κ3) is 3.24. The van der Waals surface area contributed by atoms with Crippen LogP contribution in [-0.4, -0.2) is 56.2 Å². The molecule has 0 N–H and O–H groups in total. The highest BCUT2D eigenvalue weighted by Crippen LogP contribution is 2.38. The minimum Gasteiger partial charge on any atom is -0.355 e. The number of aromatic nitrogens is 5. The molecule has 2 fully saturated rings. The number of pyridine rings is 1. The van der Waals surface area contributed by atoms with Gasteiger partial charge >= 0.3 is 0 Å². The van der Waals surface area contributed by atoms with Gasteiger partial charge in [-0.15, -0.1) is 0 Å². The molecule has 5 rings (SSSR count). The third-order valence-corrected chi connectivity index (χ3v) is 5.00. The lowest BCUT2D eigenvalue weighted by Crippen LogP contribution is -2.31. The van der Waals surface area contributed by atoms with Gasteiger partial charge in [0.2, 0.25) is 5.89 Å². The van der Waals surface area contributed by atoms with Crippen LogP contribution in [0.15, 0.2) is 29.0 Å². The zero-order valence-corrected chi connectivity index (χ0v) is 14.6. The van der Waals surface area contributed by atoms with E-state index in [9.17, 15) is 0 Å². The Hall–Kier alpha value is -2.61. The summed E-state index contributed by atoms with van der Waals surface area (Å²) in [6.07, 6.45) is 6.82. The van der Waals surface area contributed by atoms with Gasteiger partial charge in [0.25, 0.3) is 0 Å². The Kier molecular flexibility index (Phi) is 3.97. The highest BCUT2D eigenvalue weighted by atomic mass is 16.5. The summed E-state index contributed by atoms with van der Waals surface area (Å²) in [6, 6.07) is 4.03. The van der Waals surface area contributed by atoms with E-state index in [0.717, 1.165) is 62.2 Å². The van der Waals surface area contributed by atoms with E-state index in [-0.39, 0.29) is 0 Å². The molecule has 0 aromatic carbocycles. The van der Waals surface area contributed by atoms with Gasteiger partial charge in [0.05, 0.1) is 6.54 Å². The summed E-state index contributed by atoms with van der Waals surface area (Å²) in [5.74, 6) is 3.10. The summed E-state index contributed by atoms with van der Waals surface area (Å²) in [5.41, 5.74) is 1.53. The number of anilines is 1. The first kappa shape index (κ1) is 15.6. The summed E-state index contributed by atoms with van der Waals surface area (Å²) in [7, 11) is 0. The molecule has 4 heterocycles. The molecular formula is C18H21N7O. The molecule has 0 atom stereocenters. The Morgan fingerprint density at radius 3 is 2.85 bits per heavy atom. The number of rotatable bonds is 4. The largest absolute Gasteiger partial charge is 0.355 e. The van der Waals surface area contributed by atoms with Crippen LogP contribution >= 0.6 is 0 Å². The molecule has 26 heavy (non-hydrogen) atoms. The molecule has 8 heteroatoms. The summed E-state index contributed by atoms with van der Waals surface area (Å²) in [6.45, 7) is 4.63. The summed E-state index contributed by atoms with van der Waals surface area (Å²) in [4.78, 5) is 22.5. The molecule has 0 spiro atoms. The predicted octanol–water partition coefficient (Wildman–Crippen LogP) is 2.00. The van der Waals surface area contributed by atoms with Crippen molar-refractivity contribution in [3.8, 4) is 0 Å². The van der Waals surface area contributed by atoms with Gasteiger partial charge in [-0.05, 0) is 31.4 Å². The lowest BCUT2D eigenvalue weighted by atomic mass is 10.3. The van der Waals surface area contributed by atoms with Crippen molar-refractivity contribution in [1.29, 1.82) is 0 Å². The number of hydrogen-bond acceptors (Lipinski definition) is 8. The van der Waals surface area contributed by atoms with E-state index >= 15 is 0 Å². The van der Waals surface area contributed by atoms with Crippen molar-refractivity contribution in [3.63, 3.8) is 0 Å². The van der Waals surface area contributed by atoms with Gasteiger partial charge in [-0.2, -0.15) is 4.98 Å². The van der Waals surface area contributed by atoms with Crippen LogP contribution in [0.2, 0.25) is 0 Å². The SMILES string of the molecule is c1cnc2nc(N3CCCN(Cc4noc(C5CC5)n4)CC3)ccc2n1. The van der Waals surface area contributed by atoms with E-state index in [1.54, 1.807) is 12.4 Å². The van der Waals surface area contributed by atoms with Crippen LogP contribution in [0.5, 0.6) is 0 Å². The topological polar surface area (TPSA) is 84.1 Å². The third-order valence-electron chi connectivity index (χ3n) is 5.00. The van der Waals surface area contributed by atoms with Crippen molar-refractivity contribution in [3.05, 3.63) is 36.2 Å². The number of hydrogen-bond donors (Lipinski definition) is 0. The minimum absolute atomic E-state index is 0.512. The van der Waals surface area contributed by atoms with E-state index in [2.05, 4.69) is 34.9 Å². The second-order valence-electron chi connectivity index (χ2n) is 7.01. The Labute approximate surface area is 151 Å². The molecule has 1 aliphatic heterocycles. The number of fused-ring (bicyclic) bond motifs is 1. The standard InChI is InChI=1S/C18H21N7O/c1-8-24(12-15-21-18(26-23-15)13-2-3-13)10-11-25(9-1)16-5-4-14-17(22-16)20-7-6-19-14/h4-7,13H,1-3,8-12H2. The van der Waals surface area contributed by atoms with Crippen molar-refractivity contribution >= 4 is 17.0 Å². The molecular weight excluding hydrogens is 330 g/mol. The Bertz CT molecular complexity index is 907. The first-order chi connectivity index (χ1) is 12.8.